The van der Waals surface area contributed by atoms with Crippen LogP contribution in [0, 0.1) is 12.8 Å². The van der Waals surface area contributed by atoms with Crippen LogP contribution in [0.2, 0.25) is 5.02 Å². The number of nitrogens with one attached hydrogen (secondary N) is 1. The average Bonchev–Trinajstić information content (AvgIpc) is 2.65. The maximum absolute atomic E-state index is 6.35. The van der Waals surface area contributed by atoms with E-state index in [0.29, 0.717) is 6.04 Å². The lowest BCUT2D eigenvalue weighted by Crippen LogP contribution is -2.31. The highest BCUT2D eigenvalue weighted by Crippen LogP contribution is 2.29. The first-order valence-corrected chi connectivity index (χ1v) is 7.84. The minimum atomic E-state index is 0.510. The van der Waals surface area contributed by atoms with Gasteiger partial charge in [-0.3, -0.25) is 4.68 Å². The molecule has 1 unspecified atom stereocenters. The van der Waals surface area contributed by atoms with Gasteiger partial charge < -0.3 is 5.32 Å². The predicted molar refractivity (Wildman–Crippen MR) is 80.7 cm³/mol. The third-order valence-electron chi connectivity index (χ3n) is 4.45. The second-order valence-corrected chi connectivity index (χ2v) is 6.28. The van der Waals surface area contributed by atoms with Crippen molar-refractivity contribution in [2.75, 3.05) is 7.05 Å². The van der Waals surface area contributed by atoms with Gasteiger partial charge in [-0.25, -0.2) is 0 Å². The van der Waals surface area contributed by atoms with Crippen LogP contribution < -0.4 is 5.32 Å². The zero-order valence-corrected chi connectivity index (χ0v) is 13.1. The summed E-state index contributed by atoms with van der Waals surface area (Å²) in [4.78, 5) is 0. The van der Waals surface area contributed by atoms with Gasteiger partial charge in [-0.2, -0.15) is 5.10 Å². The molecule has 0 bridgehead atoms. The Bertz CT molecular complexity index is 408. The quantitative estimate of drug-likeness (QED) is 0.897. The highest BCUT2D eigenvalue weighted by atomic mass is 35.5. The van der Waals surface area contributed by atoms with Crippen LogP contribution in [0.1, 0.15) is 49.9 Å². The molecule has 1 fully saturated rings. The van der Waals surface area contributed by atoms with E-state index >= 15 is 0 Å². The molecule has 1 atom stereocenters. The molecule has 1 aromatic heterocycles. The van der Waals surface area contributed by atoms with Gasteiger partial charge in [0, 0.05) is 19.5 Å². The molecule has 4 heteroatoms. The van der Waals surface area contributed by atoms with E-state index in [0.717, 1.165) is 28.7 Å². The van der Waals surface area contributed by atoms with Gasteiger partial charge in [0.25, 0.3) is 0 Å². The summed E-state index contributed by atoms with van der Waals surface area (Å²) in [6.45, 7) is 1.97. The molecule has 0 radical (unpaired) electrons. The molecule has 0 amide bonds. The summed E-state index contributed by atoms with van der Waals surface area (Å²) in [5, 5.41) is 8.70. The number of hydrogen-bond acceptors (Lipinski definition) is 2. The number of hydrogen-bond donors (Lipinski definition) is 1. The lowest BCUT2D eigenvalue weighted by molar-refractivity contribution is 0.301. The SMILES string of the molecule is CNC(Cc1c(Cl)c(C)nn1C)CC1CCCCC1. The molecule has 1 aliphatic carbocycles. The van der Waals surface area contributed by atoms with Crippen molar-refractivity contribution in [1.29, 1.82) is 0 Å². The summed E-state index contributed by atoms with van der Waals surface area (Å²) in [5.41, 5.74) is 2.10. The van der Waals surface area contributed by atoms with Crippen LogP contribution in [0.5, 0.6) is 0 Å². The van der Waals surface area contributed by atoms with E-state index in [4.69, 9.17) is 11.6 Å². The zero-order valence-electron chi connectivity index (χ0n) is 12.4. The molecule has 1 aliphatic rings. The summed E-state index contributed by atoms with van der Waals surface area (Å²) >= 11 is 6.35. The van der Waals surface area contributed by atoms with Crippen LogP contribution in [0.15, 0.2) is 0 Å². The molecule has 0 aliphatic heterocycles. The molecule has 19 heavy (non-hydrogen) atoms. The van der Waals surface area contributed by atoms with E-state index in [2.05, 4.69) is 17.5 Å². The van der Waals surface area contributed by atoms with E-state index in [9.17, 15) is 0 Å². The van der Waals surface area contributed by atoms with E-state index in [-0.39, 0.29) is 0 Å². The Morgan fingerprint density at radius 2 is 2.05 bits per heavy atom. The fourth-order valence-electron chi connectivity index (χ4n) is 3.26. The molecule has 0 aromatic carbocycles. The molecule has 1 saturated carbocycles. The molecule has 0 spiro atoms. The normalized spacial score (nSPS) is 18.7. The Morgan fingerprint density at radius 1 is 1.37 bits per heavy atom. The van der Waals surface area contributed by atoms with Crippen LogP contribution in [0.3, 0.4) is 0 Å². The van der Waals surface area contributed by atoms with E-state index in [1.807, 2.05) is 18.7 Å². The summed E-state index contributed by atoms with van der Waals surface area (Å²) < 4.78 is 1.93. The monoisotopic (exact) mass is 283 g/mol. The minimum Gasteiger partial charge on any atom is -0.317 e. The molecule has 1 aromatic rings. The van der Waals surface area contributed by atoms with Gasteiger partial charge >= 0.3 is 0 Å². The van der Waals surface area contributed by atoms with Crippen LogP contribution in [0.4, 0.5) is 0 Å². The highest BCUT2D eigenvalue weighted by Gasteiger charge is 2.21. The average molecular weight is 284 g/mol. The highest BCUT2D eigenvalue weighted by molar-refractivity contribution is 6.31. The first-order chi connectivity index (χ1) is 9.11. The number of nitrogens with zero attached hydrogens (tertiary/aromatic N) is 2. The summed E-state index contributed by atoms with van der Waals surface area (Å²) in [6.07, 6.45) is 9.28. The van der Waals surface area contributed by atoms with Crippen molar-refractivity contribution in [2.24, 2.45) is 13.0 Å². The minimum absolute atomic E-state index is 0.510. The van der Waals surface area contributed by atoms with Gasteiger partial charge in [0.1, 0.15) is 0 Å². The molecule has 1 N–H and O–H groups in total. The molecular formula is C15H26ClN3. The van der Waals surface area contributed by atoms with Crippen molar-refractivity contribution in [3.05, 3.63) is 16.4 Å². The van der Waals surface area contributed by atoms with Crippen molar-refractivity contribution >= 4 is 11.6 Å². The third-order valence-corrected chi connectivity index (χ3v) is 4.94. The first-order valence-electron chi connectivity index (χ1n) is 7.47. The Balaban J connectivity index is 1.98. The summed E-state index contributed by atoms with van der Waals surface area (Å²) in [7, 11) is 4.05. The topological polar surface area (TPSA) is 29.9 Å². The molecule has 0 saturated heterocycles. The maximum atomic E-state index is 6.35. The standard InChI is InChI=1S/C15H26ClN3/c1-11-15(16)14(19(3)18-11)10-13(17-2)9-12-7-5-4-6-8-12/h12-13,17H,4-10H2,1-3H3. The van der Waals surface area contributed by atoms with Gasteiger partial charge in [-0.05, 0) is 26.3 Å². The van der Waals surface area contributed by atoms with E-state index in [1.54, 1.807) is 0 Å². The van der Waals surface area contributed by atoms with Crippen LogP contribution in [-0.2, 0) is 13.5 Å². The third kappa shape index (κ3) is 3.73. The molecule has 3 nitrogen and oxygen atoms in total. The molecule has 1 heterocycles. The van der Waals surface area contributed by atoms with Gasteiger partial charge in [-0.15, -0.1) is 0 Å². The van der Waals surface area contributed by atoms with Crippen molar-refractivity contribution in [2.45, 2.75) is 57.9 Å². The van der Waals surface area contributed by atoms with Crippen LogP contribution >= 0.6 is 11.6 Å². The van der Waals surface area contributed by atoms with Crippen molar-refractivity contribution < 1.29 is 0 Å². The van der Waals surface area contributed by atoms with Gasteiger partial charge in [0.15, 0.2) is 0 Å². The molecular weight excluding hydrogens is 258 g/mol. The lowest BCUT2D eigenvalue weighted by atomic mass is 9.84. The number of aromatic nitrogens is 2. The Hall–Kier alpha value is -0.540. The first kappa shape index (κ1) is 14.9. The predicted octanol–water partition coefficient (Wildman–Crippen LogP) is 3.48. The number of halogens is 1. The van der Waals surface area contributed by atoms with E-state index < -0.39 is 0 Å². The smallest absolute Gasteiger partial charge is 0.0847 e. The van der Waals surface area contributed by atoms with Gasteiger partial charge in [0.05, 0.1) is 16.4 Å². The van der Waals surface area contributed by atoms with Crippen LogP contribution in [0.25, 0.3) is 0 Å². The molecule has 2 rings (SSSR count). The second-order valence-electron chi connectivity index (χ2n) is 5.90. The zero-order chi connectivity index (χ0) is 13.8. The van der Waals surface area contributed by atoms with Crippen molar-refractivity contribution in [3.63, 3.8) is 0 Å². The fourth-order valence-corrected chi connectivity index (χ4v) is 3.50. The van der Waals surface area contributed by atoms with Crippen molar-refractivity contribution in [1.82, 2.24) is 15.1 Å². The Morgan fingerprint density at radius 3 is 2.58 bits per heavy atom. The number of aryl methyl sites for hydroxylation is 2. The number of likely N-dealkylation sites (N-methyl/N-ethyl adjacent to an activating group) is 1. The number of rotatable bonds is 5. The van der Waals surface area contributed by atoms with Crippen LogP contribution in [-0.4, -0.2) is 22.9 Å². The van der Waals surface area contributed by atoms with Crippen molar-refractivity contribution in [3.8, 4) is 0 Å². The fraction of sp³-hybridized carbons (Fsp3) is 0.800. The summed E-state index contributed by atoms with van der Waals surface area (Å²) in [5.74, 6) is 0.888. The van der Waals surface area contributed by atoms with Gasteiger partial charge in [-0.1, -0.05) is 43.7 Å². The lowest BCUT2D eigenvalue weighted by Gasteiger charge is -2.26. The molecule has 108 valence electrons. The maximum Gasteiger partial charge on any atom is 0.0847 e. The Kier molecular flexibility index (Phi) is 5.28. The van der Waals surface area contributed by atoms with Gasteiger partial charge in [0.2, 0.25) is 0 Å². The Labute approximate surface area is 121 Å². The second kappa shape index (κ2) is 6.76. The largest absolute Gasteiger partial charge is 0.317 e. The summed E-state index contributed by atoms with van der Waals surface area (Å²) in [6, 6.07) is 0.510. The van der Waals surface area contributed by atoms with E-state index in [1.165, 1.54) is 38.5 Å².